The SMILES string of the molecule is CC=C1C[C@H]2CCC[C@H](c3ccc(F)c(F)c3)N2C1=O. The van der Waals surface area contributed by atoms with E-state index in [-0.39, 0.29) is 18.0 Å². The van der Waals surface area contributed by atoms with Crippen LogP contribution >= 0.6 is 0 Å². The first kappa shape index (κ1) is 13.3. The van der Waals surface area contributed by atoms with Gasteiger partial charge in [0.05, 0.1) is 6.04 Å². The molecule has 4 heteroatoms. The van der Waals surface area contributed by atoms with Crippen LogP contribution in [0.4, 0.5) is 8.78 Å². The summed E-state index contributed by atoms with van der Waals surface area (Å²) in [5.41, 5.74) is 1.53. The lowest BCUT2D eigenvalue weighted by Crippen LogP contribution is -2.40. The predicted molar refractivity (Wildman–Crippen MR) is 72.0 cm³/mol. The minimum Gasteiger partial charge on any atom is -0.329 e. The molecule has 2 nitrogen and oxygen atoms in total. The van der Waals surface area contributed by atoms with Gasteiger partial charge in [0.15, 0.2) is 11.6 Å². The van der Waals surface area contributed by atoms with E-state index in [1.54, 1.807) is 6.07 Å². The van der Waals surface area contributed by atoms with Crippen molar-refractivity contribution in [3.05, 3.63) is 47.0 Å². The van der Waals surface area contributed by atoms with Crippen molar-refractivity contribution < 1.29 is 13.6 Å². The van der Waals surface area contributed by atoms with E-state index in [0.717, 1.165) is 37.3 Å². The second kappa shape index (κ2) is 5.00. The first-order valence-electron chi connectivity index (χ1n) is 7.04. The van der Waals surface area contributed by atoms with Crippen molar-refractivity contribution in [3.8, 4) is 0 Å². The van der Waals surface area contributed by atoms with Gasteiger partial charge in [-0.2, -0.15) is 0 Å². The van der Waals surface area contributed by atoms with E-state index in [9.17, 15) is 13.6 Å². The van der Waals surface area contributed by atoms with Gasteiger partial charge in [-0.25, -0.2) is 8.78 Å². The largest absolute Gasteiger partial charge is 0.329 e. The number of carbonyl (C=O) groups excluding carboxylic acids is 1. The van der Waals surface area contributed by atoms with E-state index >= 15 is 0 Å². The number of benzene rings is 1. The molecule has 0 N–H and O–H groups in total. The van der Waals surface area contributed by atoms with Crippen LogP contribution in [0.5, 0.6) is 0 Å². The Morgan fingerprint density at radius 3 is 2.75 bits per heavy atom. The van der Waals surface area contributed by atoms with E-state index < -0.39 is 11.6 Å². The first-order valence-corrected chi connectivity index (χ1v) is 7.04. The van der Waals surface area contributed by atoms with Gasteiger partial charge in [-0.1, -0.05) is 12.1 Å². The average molecular weight is 277 g/mol. The minimum absolute atomic E-state index is 0.0481. The number of carbonyl (C=O) groups is 1. The summed E-state index contributed by atoms with van der Waals surface area (Å²) < 4.78 is 26.5. The fourth-order valence-electron chi connectivity index (χ4n) is 3.38. The molecule has 2 aliphatic heterocycles. The van der Waals surface area contributed by atoms with Crippen LogP contribution in [0.15, 0.2) is 29.8 Å². The zero-order valence-electron chi connectivity index (χ0n) is 11.4. The van der Waals surface area contributed by atoms with Crippen LogP contribution in [0.25, 0.3) is 0 Å². The Morgan fingerprint density at radius 2 is 2.05 bits per heavy atom. The molecule has 0 aromatic heterocycles. The number of hydrogen-bond acceptors (Lipinski definition) is 1. The third-order valence-electron chi connectivity index (χ3n) is 4.39. The molecule has 2 fully saturated rings. The van der Waals surface area contributed by atoms with Crippen molar-refractivity contribution in [2.24, 2.45) is 0 Å². The van der Waals surface area contributed by atoms with Gasteiger partial charge in [0.1, 0.15) is 0 Å². The van der Waals surface area contributed by atoms with Gasteiger partial charge in [-0.15, -0.1) is 0 Å². The number of hydrogen-bond donors (Lipinski definition) is 0. The van der Waals surface area contributed by atoms with E-state index in [2.05, 4.69) is 0 Å². The Labute approximate surface area is 117 Å². The molecule has 0 bridgehead atoms. The number of halogens is 2. The van der Waals surface area contributed by atoms with E-state index in [1.807, 2.05) is 17.9 Å². The topological polar surface area (TPSA) is 20.3 Å². The number of allylic oxidation sites excluding steroid dienone is 1. The molecule has 0 saturated carbocycles. The molecule has 3 rings (SSSR count). The smallest absolute Gasteiger partial charge is 0.250 e. The van der Waals surface area contributed by atoms with Crippen molar-refractivity contribution in [1.29, 1.82) is 0 Å². The number of nitrogens with zero attached hydrogens (tertiary/aromatic N) is 1. The number of piperidine rings is 1. The summed E-state index contributed by atoms with van der Waals surface area (Å²) in [5.74, 6) is -1.64. The van der Waals surface area contributed by atoms with E-state index in [0.29, 0.717) is 5.56 Å². The molecule has 106 valence electrons. The van der Waals surface area contributed by atoms with Crippen LogP contribution < -0.4 is 0 Å². The third kappa shape index (κ3) is 2.03. The maximum absolute atomic E-state index is 13.4. The molecule has 0 aliphatic carbocycles. The van der Waals surface area contributed by atoms with Crippen LogP contribution in [0, 0.1) is 11.6 Å². The van der Waals surface area contributed by atoms with Crippen molar-refractivity contribution in [2.45, 2.75) is 44.7 Å². The van der Waals surface area contributed by atoms with Crippen LogP contribution in [-0.2, 0) is 4.79 Å². The number of amides is 1. The van der Waals surface area contributed by atoms with Gasteiger partial charge in [0, 0.05) is 11.6 Å². The number of fused-ring (bicyclic) bond motifs is 1. The maximum atomic E-state index is 13.4. The van der Waals surface area contributed by atoms with Crippen molar-refractivity contribution >= 4 is 5.91 Å². The highest BCUT2D eigenvalue weighted by atomic mass is 19.2. The molecular formula is C16H17F2NO. The van der Waals surface area contributed by atoms with Crippen LogP contribution in [0.3, 0.4) is 0 Å². The summed E-state index contributed by atoms with van der Waals surface area (Å²) in [6, 6.07) is 4.04. The van der Waals surface area contributed by atoms with Crippen molar-refractivity contribution in [3.63, 3.8) is 0 Å². The molecule has 2 saturated heterocycles. The summed E-state index contributed by atoms with van der Waals surface area (Å²) in [5, 5.41) is 0. The third-order valence-corrected chi connectivity index (χ3v) is 4.39. The fraction of sp³-hybridized carbons (Fsp3) is 0.438. The fourth-order valence-corrected chi connectivity index (χ4v) is 3.38. The quantitative estimate of drug-likeness (QED) is 0.716. The summed E-state index contributed by atoms with van der Waals surface area (Å²) >= 11 is 0. The molecule has 0 unspecified atom stereocenters. The lowest BCUT2D eigenvalue weighted by molar-refractivity contribution is -0.130. The minimum atomic E-state index is -0.845. The van der Waals surface area contributed by atoms with E-state index in [1.165, 1.54) is 6.07 Å². The Morgan fingerprint density at radius 1 is 1.25 bits per heavy atom. The summed E-state index contributed by atoms with van der Waals surface area (Å²) in [4.78, 5) is 14.3. The molecular weight excluding hydrogens is 260 g/mol. The van der Waals surface area contributed by atoms with Crippen LogP contribution in [0.2, 0.25) is 0 Å². The Hall–Kier alpha value is -1.71. The van der Waals surface area contributed by atoms with E-state index in [4.69, 9.17) is 0 Å². The molecule has 1 aromatic carbocycles. The standard InChI is InChI=1S/C16H17F2NO/c1-2-10-8-12-4-3-5-15(19(12)16(10)20)11-6-7-13(17)14(18)9-11/h2,6-7,9,12,15H,3-5,8H2,1H3/t12-,15-/m1/s1. The second-order valence-electron chi connectivity index (χ2n) is 5.50. The van der Waals surface area contributed by atoms with Gasteiger partial charge < -0.3 is 4.90 Å². The predicted octanol–water partition coefficient (Wildman–Crippen LogP) is 3.74. The average Bonchev–Trinajstić information content (AvgIpc) is 2.79. The van der Waals surface area contributed by atoms with Gasteiger partial charge in [0.25, 0.3) is 0 Å². The zero-order valence-corrected chi connectivity index (χ0v) is 11.4. The maximum Gasteiger partial charge on any atom is 0.250 e. The highest BCUT2D eigenvalue weighted by molar-refractivity contribution is 5.96. The van der Waals surface area contributed by atoms with Gasteiger partial charge >= 0.3 is 0 Å². The monoisotopic (exact) mass is 277 g/mol. The molecule has 20 heavy (non-hydrogen) atoms. The molecule has 2 aliphatic rings. The lowest BCUT2D eigenvalue weighted by atomic mass is 9.91. The molecule has 0 radical (unpaired) electrons. The summed E-state index contributed by atoms with van der Waals surface area (Å²) in [6.45, 7) is 1.87. The Balaban J connectivity index is 1.96. The van der Waals surface area contributed by atoms with Crippen LogP contribution in [-0.4, -0.2) is 16.8 Å². The van der Waals surface area contributed by atoms with Gasteiger partial charge in [-0.3, -0.25) is 4.79 Å². The first-order chi connectivity index (χ1) is 9.61. The Bertz CT molecular complexity index is 582. The lowest BCUT2D eigenvalue weighted by Gasteiger charge is -2.37. The molecule has 2 atom stereocenters. The van der Waals surface area contributed by atoms with Crippen LogP contribution in [0.1, 0.15) is 44.2 Å². The van der Waals surface area contributed by atoms with Crippen molar-refractivity contribution in [2.75, 3.05) is 0 Å². The zero-order chi connectivity index (χ0) is 14.3. The summed E-state index contributed by atoms with van der Waals surface area (Å²) in [7, 11) is 0. The highest BCUT2D eigenvalue weighted by Crippen LogP contribution is 2.41. The summed E-state index contributed by atoms with van der Waals surface area (Å²) in [6.07, 6.45) is 5.45. The second-order valence-corrected chi connectivity index (χ2v) is 5.50. The highest BCUT2D eigenvalue weighted by Gasteiger charge is 2.41. The molecule has 2 heterocycles. The molecule has 1 amide bonds. The Kier molecular flexibility index (Phi) is 3.32. The molecule has 0 spiro atoms. The normalized spacial score (nSPS) is 28.1. The van der Waals surface area contributed by atoms with Crippen molar-refractivity contribution in [1.82, 2.24) is 4.90 Å². The number of rotatable bonds is 1. The van der Waals surface area contributed by atoms with Gasteiger partial charge in [0.2, 0.25) is 5.91 Å². The molecule has 1 aromatic rings. The van der Waals surface area contributed by atoms with Gasteiger partial charge in [-0.05, 0) is 50.3 Å².